The van der Waals surface area contributed by atoms with Crippen LogP contribution in [0.15, 0.2) is 11.6 Å². The molecule has 0 bridgehead atoms. The molecule has 4 rings (SSSR count). The molecule has 4 aliphatic rings. The van der Waals surface area contributed by atoms with Crippen molar-refractivity contribution in [3.05, 3.63) is 11.6 Å². The van der Waals surface area contributed by atoms with Gasteiger partial charge in [0, 0.05) is 6.42 Å². The van der Waals surface area contributed by atoms with Gasteiger partial charge in [0.2, 0.25) is 0 Å². The van der Waals surface area contributed by atoms with Gasteiger partial charge >= 0.3 is 0 Å². The topological polar surface area (TPSA) is 37.3 Å². The van der Waals surface area contributed by atoms with Gasteiger partial charge < -0.3 is 5.11 Å². The molecule has 3 saturated carbocycles. The molecule has 0 spiro atoms. The zero-order valence-electron chi connectivity index (χ0n) is 17.3. The van der Waals surface area contributed by atoms with Gasteiger partial charge in [-0.25, -0.2) is 0 Å². The van der Waals surface area contributed by atoms with E-state index in [1.54, 1.807) is 6.08 Å². The molecule has 2 nitrogen and oxygen atoms in total. The zero-order valence-corrected chi connectivity index (χ0v) is 17.3. The van der Waals surface area contributed by atoms with Crippen molar-refractivity contribution in [3.8, 4) is 12.8 Å². The largest absolute Gasteiger partial charge is 0.385 e. The lowest BCUT2D eigenvalue weighted by Crippen LogP contribution is -2.55. The fourth-order valence-electron chi connectivity index (χ4n) is 6.45. The van der Waals surface area contributed by atoms with Gasteiger partial charge in [0.25, 0.3) is 0 Å². The Bertz CT molecular complexity index is 560. The third-order valence-corrected chi connectivity index (χ3v) is 7.92. The first-order valence-corrected chi connectivity index (χ1v) is 10.7. The van der Waals surface area contributed by atoms with Gasteiger partial charge in [0.05, 0.1) is 5.60 Å². The summed E-state index contributed by atoms with van der Waals surface area (Å²) < 4.78 is 0. The smallest absolute Gasteiger partial charge is 0.155 e. The number of terminal acetylenes is 1. The van der Waals surface area contributed by atoms with Crippen LogP contribution in [0.3, 0.4) is 0 Å². The SMILES string of the molecule is C#C.CC1CCC2C3CCC4=CC(=O)CCC4(O)C3CCC12C.CCC. The first-order valence-electron chi connectivity index (χ1n) is 10.7. The van der Waals surface area contributed by atoms with E-state index in [0.29, 0.717) is 30.1 Å². The lowest BCUT2D eigenvalue weighted by Gasteiger charge is -2.56. The standard InChI is InChI=1S/C19H28O2.C3H8.C2H2/c1-12-3-6-16-15-5-4-13-11-14(20)7-10-19(13,21)17(15)8-9-18(12,16)2;1-3-2;1-2/h11-12,15-17,21H,3-10H2,1-2H3;3H2,1-2H3;1-2H. The Morgan fingerprint density at radius 2 is 1.73 bits per heavy atom. The molecule has 0 aromatic carbocycles. The summed E-state index contributed by atoms with van der Waals surface area (Å²) in [6.07, 6.45) is 19.5. The van der Waals surface area contributed by atoms with Crippen molar-refractivity contribution in [1.29, 1.82) is 0 Å². The molecule has 1 N–H and O–H groups in total. The minimum absolute atomic E-state index is 0.225. The predicted molar refractivity (Wildman–Crippen MR) is 109 cm³/mol. The summed E-state index contributed by atoms with van der Waals surface area (Å²) in [6, 6.07) is 0. The molecule has 0 saturated heterocycles. The second-order valence-corrected chi connectivity index (χ2v) is 9.21. The Balaban J connectivity index is 0.000000444. The molecule has 26 heavy (non-hydrogen) atoms. The van der Waals surface area contributed by atoms with Crippen molar-refractivity contribution >= 4 is 5.78 Å². The van der Waals surface area contributed by atoms with Gasteiger partial charge in [-0.1, -0.05) is 34.1 Å². The number of fused-ring (bicyclic) bond motifs is 5. The highest BCUT2D eigenvalue weighted by Crippen LogP contribution is 2.64. The van der Waals surface area contributed by atoms with Crippen LogP contribution in [0.1, 0.15) is 85.5 Å². The molecular weight excluding hydrogens is 320 g/mol. The van der Waals surface area contributed by atoms with Gasteiger partial charge in [-0.2, -0.15) is 0 Å². The Morgan fingerprint density at radius 3 is 2.38 bits per heavy atom. The molecule has 0 aromatic rings. The summed E-state index contributed by atoms with van der Waals surface area (Å²) in [6.45, 7) is 9.19. The van der Waals surface area contributed by atoms with Crippen LogP contribution in [-0.4, -0.2) is 16.5 Å². The third kappa shape index (κ3) is 3.40. The zero-order chi connectivity index (χ0) is 19.5. The average molecular weight is 359 g/mol. The van der Waals surface area contributed by atoms with Crippen molar-refractivity contribution in [2.75, 3.05) is 0 Å². The predicted octanol–water partition coefficient (Wildman–Crippen LogP) is 5.54. The van der Waals surface area contributed by atoms with Crippen molar-refractivity contribution in [2.24, 2.45) is 29.1 Å². The number of hydrogen-bond donors (Lipinski definition) is 1. The monoisotopic (exact) mass is 358 g/mol. The van der Waals surface area contributed by atoms with E-state index in [0.717, 1.165) is 30.3 Å². The minimum Gasteiger partial charge on any atom is -0.385 e. The molecule has 2 heteroatoms. The lowest BCUT2D eigenvalue weighted by atomic mass is 9.50. The van der Waals surface area contributed by atoms with Crippen molar-refractivity contribution in [3.63, 3.8) is 0 Å². The first kappa shape index (κ1) is 21.2. The molecule has 0 radical (unpaired) electrons. The van der Waals surface area contributed by atoms with E-state index in [-0.39, 0.29) is 5.78 Å². The van der Waals surface area contributed by atoms with E-state index in [2.05, 4.69) is 40.5 Å². The van der Waals surface area contributed by atoms with Crippen LogP contribution in [0.2, 0.25) is 0 Å². The molecule has 0 aromatic heterocycles. The first-order chi connectivity index (χ1) is 12.4. The Labute approximate surface area is 160 Å². The summed E-state index contributed by atoms with van der Waals surface area (Å²) >= 11 is 0. The highest BCUT2D eigenvalue weighted by Gasteiger charge is 2.58. The van der Waals surface area contributed by atoms with E-state index < -0.39 is 5.60 Å². The van der Waals surface area contributed by atoms with E-state index in [1.807, 2.05) is 0 Å². The average Bonchev–Trinajstić information content (AvgIpc) is 2.93. The van der Waals surface area contributed by atoms with Crippen molar-refractivity contribution in [1.82, 2.24) is 0 Å². The molecule has 3 fully saturated rings. The van der Waals surface area contributed by atoms with E-state index in [9.17, 15) is 9.90 Å². The number of ketones is 1. The summed E-state index contributed by atoms with van der Waals surface area (Å²) in [7, 11) is 0. The van der Waals surface area contributed by atoms with Crippen LogP contribution >= 0.6 is 0 Å². The van der Waals surface area contributed by atoms with Gasteiger partial charge in [0.1, 0.15) is 0 Å². The summed E-state index contributed by atoms with van der Waals surface area (Å²) in [5.74, 6) is 2.96. The Morgan fingerprint density at radius 1 is 1.08 bits per heavy atom. The van der Waals surface area contributed by atoms with Gasteiger partial charge in [0.15, 0.2) is 5.78 Å². The second-order valence-electron chi connectivity index (χ2n) is 9.21. The third-order valence-electron chi connectivity index (χ3n) is 7.92. The molecular formula is C24H38O2. The maximum Gasteiger partial charge on any atom is 0.155 e. The van der Waals surface area contributed by atoms with Crippen LogP contribution in [0.5, 0.6) is 0 Å². The quantitative estimate of drug-likeness (QED) is 0.577. The fourth-order valence-corrected chi connectivity index (χ4v) is 6.45. The number of carbonyl (C=O) groups is 1. The van der Waals surface area contributed by atoms with Crippen molar-refractivity contribution < 1.29 is 9.90 Å². The highest BCUT2D eigenvalue weighted by molar-refractivity contribution is 5.92. The Kier molecular flexibility index (Phi) is 6.78. The number of carbonyl (C=O) groups excluding carboxylic acids is 1. The van der Waals surface area contributed by atoms with Crippen molar-refractivity contribution in [2.45, 2.75) is 91.1 Å². The molecule has 4 aliphatic carbocycles. The number of rotatable bonds is 0. The van der Waals surface area contributed by atoms with Crippen LogP contribution in [0, 0.1) is 41.9 Å². The van der Waals surface area contributed by atoms with Crippen LogP contribution < -0.4 is 0 Å². The van der Waals surface area contributed by atoms with Gasteiger partial charge in [-0.3, -0.25) is 4.79 Å². The van der Waals surface area contributed by atoms with E-state index >= 15 is 0 Å². The molecule has 6 unspecified atom stereocenters. The molecule has 0 aliphatic heterocycles. The van der Waals surface area contributed by atoms with Gasteiger partial charge in [-0.15, -0.1) is 12.8 Å². The summed E-state index contributed by atoms with van der Waals surface area (Å²) in [4.78, 5) is 11.7. The molecule has 0 amide bonds. The molecule has 6 atom stereocenters. The summed E-state index contributed by atoms with van der Waals surface area (Å²) in [5.41, 5.74) is 0.919. The molecule has 146 valence electrons. The fraction of sp³-hybridized carbons (Fsp3) is 0.792. The maximum atomic E-state index is 11.7. The second kappa shape index (κ2) is 8.30. The minimum atomic E-state index is -0.649. The molecule has 0 heterocycles. The number of aliphatic hydroxyl groups is 1. The van der Waals surface area contributed by atoms with E-state index in [4.69, 9.17) is 0 Å². The maximum absolute atomic E-state index is 11.7. The van der Waals surface area contributed by atoms with Gasteiger partial charge in [-0.05, 0) is 85.7 Å². The van der Waals surface area contributed by atoms with Crippen LogP contribution in [0.4, 0.5) is 0 Å². The normalized spacial score (nSPS) is 43.3. The Hall–Kier alpha value is -1.07. The number of hydrogen-bond acceptors (Lipinski definition) is 2. The van der Waals surface area contributed by atoms with E-state index in [1.165, 1.54) is 32.1 Å². The lowest BCUT2D eigenvalue weighted by molar-refractivity contribution is -0.126. The van der Waals surface area contributed by atoms with Crippen LogP contribution in [-0.2, 0) is 4.79 Å². The van der Waals surface area contributed by atoms with Crippen LogP contribution in [0.25, 0.3) is 0 Å². The summed E-state index contributed by atoms with van der Waals surface area (Å²) in [5, 5.41) is 11.4. The highest BCUT2D eigenvalue weighted by atomic mass is 16.3.